The van der Waals surface area contributed by atoms with Gasteiger partial charge in [0.2, 0.25) is 11.8 Å². The van der Waals surface area contributed by atoms with E-state index in [1.807, 2.05) is 0 Å². The first-order chi connectivity index (χ1) is 19.0. The second kappa shape index (κ2) is 35.0. The molecule has 4 N–H and O–H groups in total. The topological polar surface area (TPSA) is 86.2 Å². The molecule has 0 rings (SSSR count). The van der Waals surface area contributed by atoms with E-state index in [1.54, 1.807) is 0 Å². The number of hydrogen-bond acceptors (Lipinski definition) is 2. The summed E-state index contributed by atoms with van der Waals surface area (Å²) in [6.07, 6.45) is 37.4. The van der Waals surface area contributed by atoms with Gasteiger partial charge in [-0.05, 0) is 19.3 Å². The van der Waals surface area contributed by atoms with E-state index in [0.29, 0.717) is 6.42 Å². The Balaban J connectivity index is 0. The molecule has 0 bridgehead atoms. The van der Waals surface area contributed by atoms with Crippen molar-refractivity contribution in [3.8, 4) is 0 Å². The first kappa shape index (κ1) is 40.1. The Morgan fingerprint density at radius 2 is 0.718 bits per heavy atom. The average molecular weight is 553 g/mol. The largest absolute Gasteiger partial charge is 0.370 e. The molecule has 1 unspecified atom stereocenters. The Kier molecular flexibility index (Phi) is 35.9. The summed E-state index contributed by atoms with van der Waals surface area (Å²) in [7, 11) is 0. The normalized spacial score (nSPS) is 11.7. The van der Waals surface area contributed by atoms with Gasteiger partial charge in [-0.3, -0.25) is 9.59 Å². The molecular weight excluding hydrogens is 480 g/mol. The van der Waals surface area contributed by atoms with Crippen molar-refractivity contribution in [2.75, 3.05) is 0 Å². The lowest BCUT2D eigenvalue weighted by Crippen LogP contribution is -2.23. The Hall–Kier alpha value is -1.06. The highest BCUT2D eigenvalue weighted by atomic mass is 16.1. The summed E-state index contributed by atoms with van der Waals surface area (Å²) in [4.78, 5) is 21.8. The molecule has 0 saturated carbocycles. The van der Waals surface area contributed by atoms with Crippen molar-refractivity contribution in [3.05, 3.63) is 0 Å². The smallest absolute Gasteiger partial charge is 0.220 e. The van der Waals surface area contributed by atoms with Crippen LogP contribution in [0.25, 0.3) is 0 Å². The molecular formula is C35H72N2O2. The van der Waals surface area contributed by atoms with Gasteiger partial charge >= 0.3 is 0 Å². The second-order valence-electron chi connectivity index (χ2n) is 12.0. The number of hydrogen-bond donors (Lipinski definition) is 2. The zero-order chi connectivity index (χ0) is 29.2. The van der Waals surface area contributed by atoms with Crippen LogP contribution in [0, 0.1) is 5.92 Å². The molecule has 39 heavy (non-hydrogen) atoms. The Morgan fingerprint density at radius 3 is 1.00 bits per heavy atom. The van der Waals surface area contributed by atoms with Crippen molar-refractivity contribution in [2.24, 2.45) is 17.4 Å². The molecule has 2 amide bonds. The standard InChI is InChI=1S/C19H39NO.C16H33NO/c1-3-5-6-7-8-9-10-11-12-13-14-15-17-18(16-4-2)19(20)21;1-2-3-4-5-6-7-8-9-10-11-12-13-14-15-16(17)18/h18H,3-17H2,1-2H3,(H2,20,21);2-15H2,1H3,(H2,17,18). The summed E-state index contributed by atoms with van der Waals surface area (Å²) < 4.78 is 0. The van der Waals surface area contributed by atoms with E-state index in [1.165, 1.54) is 154 Å². The molecule has 4 heteroatoms. The fourth-order valence-electron chi connectivity index (χ4n) is 5.33. The molecule has 0 aliphatic carbocycles. The van der Waals surface area contributed by atoms with Crippen LogP contribution in [0.5, 0.6) is 0 Å². The number of carbonyl (C=O) groups excluding carboxylic acids is 2. The monoisotopic (exact) mass is 553 g/mol. The van der Waals surface area contributed by atoms with Crippen LogP contribution in [0.4, 0.5) is 0 Å². The van der Waals surface area contributed by atoms with E-state index in [4.69, 9.17) is 11.5 Å². The van der Waals surface area contributed by atoms with Crippen molar-refractivity contribution < 1.29 is 9.59 Å². The summed E-state index contributed by atoms with van der Waals surface area (Å²) in [6, 6.07) is 0. The first-order valence-corrected chi connectivity index (χ1v) is 17.6. The Labute approximate surface area is 245 Å². The summed E-state index contributed by atoms with van der Waals surface area (Å²) in [6.45, 7) is 6.66. The van der Waals surface area contributed by atoms with E-state index in [0.717, 1.165) is 25.7 Å². The third-order valence-corrected chi connectivity index (χ3v) is 7.97. The van der Waals surface area contributed by atoms with Crippen molar-refractivity contribution in [3.63, 3.8) is 0 Å². The van der Waals surface area contributed by atoms with Gasteiger partial charge in [0.05, 0.1) is 0 Å². The Bertz CT molecular complexity index is 495. The lowest BCUT2D eigenvalue weighted by atomic mass is 9.95. The Morgan fingerprint density at radius 1 is 0.410 bits per heavy atom. The van der Waals surface area contributed by atoms with Crippen LogP contribution in [0.3, 0.4) is 0 Å². The van der Waals surface area contributed by atoms with Gasteiger partial charge in [-0.25, -0.2) is 0 Å². The molecule has 0 radical (unpaired) electrons. The molecule has 0 fully saturated rings. The zero-order valence-corrected chi connectivity index (χ0v) is 27.1. The molecule has 1 atom stereocenters. The molecule has 0 aromatic carbocycles. The predicted octanol–water partition coefficient (Wildman–Crippen LogP) is 10.9. The maximum Gasteiger partial charge on any atom is 0.220 e. The lowest BCUT2D eigenvalue weighted by molar-refractivity contribution is -0.122. The van der Waals surface area contributed by atoms with Crippen molar-refractivity contribution in [2.45, 2.75) is 207 Å². The third-order valence-electron chi connectivity index (χ3n) is 7.97. The van der Waals surface area contributed by atoms with Crippen LogP contribution >= 0.6 is 0 Å². The first-order valence-electron chi connectivity index (χ1n) is 17.6. The summed E-state index contributed by atoms with van der Waals surface area (Å²) in [5, 5.41) is 0. The molecule has 0 aromatic rings. The molecule has 234 valence electrons. The van der Waals surface area contributed by atoms with Crippen LogP contribution < -0.4 is 11.5 Å². The maximum atomic E-state index is 11.2. The minimum Gasteiger partial charge on any atom is -0.370 e. The van der Waals surface area contributed by atoms with Crippen molar-refractivity contribution in [1.29, 1.82) is 0 Å². The number of primary amides is 2. The molecule has 4 nitrogen and oxygen atoms in total. The van der Waals surface area contributed by atoms with Crippen LogP contribution in [-0.2, 0) is 9.59 Å². The van der Waals surface area contributed by atoms with Gasteiger partial charge in [-0.15, -0.1) is 0 Å². The number of rotatable bonds is 30. The van der Waals surface area contributed by atoms with Crippen LogP contribution in [-0.4, -0.2) is 11.8 Å². The van der Waals surface area contributed by atoms with Gasteiger partial charge < -0.3 is 11.5 Å². The lowest BCUT2D eigenvalue weighted by Gasteiger charge is -2.11. The minimum atomic E-state index is -0.155. The van der Waals surface area contributed by atoms with Gasteiger partial charge in [-0.2, -0.15) is 0 Å². The molecule has 0 saturated heterocycles. The van der Waals surface area contributed by atoms with Gasteiger partial charge in [0.1, 0.15) is 0 Å². The van der Waals surface area contributed by atoms with Gasteiger partial charge in [-0.1, -0.05) is 181 Å². The van der Waals surface area contributed by atoms with Crippen LogP contribution in [0.2, 0.25) is 0 Å². The van der Waals surface area contributed by atoms with E-state index in [2.05, 4.69) is 20.8 Å². The molecule has 0 aliphatic heterocycles. The van der Waals surface area contributed by atoms with E-state index in [-0.39, 0.29) is 17.7 Å². The quantitative estimate of drug-likeness (QED) is 0.0868. The highest BCUT2D eigenvalue weighted by Gasteiger charge is 2.13. The summed E-state index contributed by atoms with van der Waals surface area (Å²) in [5.41, 5.74) is 10.5. The highest BCUT2D eigenvalue weighted by molar-refractivity contribution is 5.76. The minimum absolute atomic E-state index is 0.0973. The third kappa shape index (κ3) is 36.9. The molecule has 0 heterocycles. The van der Waals surface area contributed by atoms with E-state index >= 15 is 0 Å². The van der Waals surface area contributed by atoms with E-state index in [9.17, 15) is 9.59 Å². The van der Waals surface area contributed by atoms with Crippen LogP contribution in [0.1, 0.15) is 207 Å². The van der Waals surface area contributed by atoms with Gasteiger partial charge in [0.25, 0.3) is 0 Å². The van der Waals surface area contributed by atoms with Gasteiger partial charge in [0, 0.05) is 12.3 Å². The molecule has 0 spiro atoms. The fourth-order valence-corrected chi connectivity index (χ4v) is 5.33. The number of carbonyl (C=O) groups is 2. The number of unbranched alkanes of at least 4 members (excludes halogenated alkanes) is 23. The highest BCUT2D eigenvalue weighted by Crippen LogP contribution is 2.17. The predicted molar refractivity (Wildman–Crippen MR) is 173 cm³/mol. The maximum absolute atomic E-state index is 11.2. The molecule has 0 aliphatic rings. The van der Waals surface area contributed by atoms with Crippen molar-refractivity contribution >= 4 is 11.8 Å². The fraction of sp³-hybridized carbons (Fsp3) is 0.943. The number of amides is 2. The summed E-state index contributed by atoms with van der Waals surface area (Å²) in [5.74, 6) is -0.129. The SMILES string of the molecule is CCCCCCCCCCCCCCC(CCC)C(N)=O.CCCCCCCCCCCCCCCC(N)=O. The van der Waals surface area contributed by atoms with Gasteiger partial charge in [0.15, 0.2) is 0 Å². The van der Waals surface area contributed by atoms with Crippen molar-refractivity contribution in [1.82, 2.24) is 0 Å². The second-order valence-corrected chi connectivity index (χ2v) is 12.0. The summed E-state index contributed by atoms with van der Waals surface area (Å²) >= 11 is 0. The van der Waals surface area contributed by atoms with E-state index < -0.39 is 0 Å². The molecule has 0 aromatic heterocycles. The zero-order valence-electron chi connectivity index (χ0n) is 27.1. The number of nitrogens with two attached hydrogens (primary N) is 2. The average Bonchev–Trinajstić information content (AvgIpc) is 2.91. The van der Waals surface area contributed by atoms with Crippen LogP contribution in [0.15, 0.2) is 0 Å².